The lowest BCUT2D eigenvalue weighted by Crippen LogP contribution is -2.30. The van der Waals surface area contributed by atoms with Gasteiger partial charge in [-0.25, -0.2) is 0 Å². The van der Waals surface area contributed by atoms with Gasteiger partial charge in [-0.3, -0.25) is 4.68 Å². The number of hydrogen-bond donors (Lipinski definition) is 1. The second kappa shape index (κ2) is 5.38. The molecule has 2 rings (SSSR count). The smallest absolute Gasteiger partial charge is 0.0834 e. The molecule has 0 aromatic carbocycles. The van der Waals surface area contributed by atoms with Gasteiger partial charge in [-0.2, -0.15) is 5.10 Å². The highest BCUT2D eigenvalue weighted by atomic mass is 35.5. The molecule has 17 heavy (non-hydrogen) atoms. The van der Waals surface area contributed by atoms with Crippen molar-refractivity contribution in [3.8, 4) is 0 Å². The van der Waals surface area contributed by atoms with Crippen LogP contribution in [0.15, 0.2) is 6.20 Å². The Morgan fingerprint density at radius 1 is 1.59 bits per heavy atom. The standard InChI is InChI=1S/C12H21ClN4/c1-16(2)6-7-17-12(10(13)8-15-17)11(14)9-4-3-5-9/h8-9,11H,3-7,14H2,1-2H3. The van der Waals surface area contributed by atoms with Gasteiger partial charge in [0.05, 0.1) is 29.5 Å². The predicted molar refractivity (Wildman–Crippen MR) is 70.1 cm³/mol. The third-order valence-corrected chi connectivity index (χ3v) is 3.86. The van der Waals surface area contributed by atoms with Gasteiger partial charge in [0.15, 0.2) is 0 Å². The lowest BCUT2D eigenvalue weighted by molar-refractivity contribution is 0.253. The largest absolute Gasteiger partial charge is 0.322 e. The molecule has 1 saturated carbocycles. The zero-order valence-corrected chi connectivity index (χ0v) is 11.3. The maximum atomic E-state index is 6.29. The number of halogens is 1. The average molecular weight is 257 g/mol. The SMILES string of the molecule is CN(C)CCn1ncc(Cl)c1C(N)C1CCC1. The van der Waals surface area contributed by atoms with Crippen molar-refractivity contribution in [3.63, 3.8) is 0 Å². The van der Waals surface area contributed by atoms with E-state index in [4.69, 9.17) is 17.3 Å². The molecule has 96 valence electrons. The summed E-state index contributed by atoms with van der Waals surface area (Å²) in [5.41, 5.74) is 7.31. The van der Waals surface area contributed by atoms with Crippen molar-refractivity contribution in [1.29, 1.82) is 0 Å². The molecule has 0 radical (unpaired) electrons. The summed E-state index contributed by atoms with van der Waals surface area (Å²) in [7, 11) is 4.10. The number of likely N-dealkylation sites (N-methyl/N-ethyl adjacent to an activating group) is 1. The van der Waals surface area contributed by atoms with Gasteiger partial charge >= 0.3 is 0 Å². The van der Waals surface area contributed by atoms with E-state index in [1.807, 2.05) is 4.68 Å². The minimum Gasteiger partial charge on any atom is -0.322 e. The lowest BCUT2D eigenvalue weighted by Gasteiger charge is -2.31. The van der Waals surface area contributed by atoms with Crippen LogP contribution in [-0.2, 0) is 6.54 Å². The summed E-state index contributed by atoms with van der Waals surface area (Å²) in [6.07, 6.45) is 5.44. The number of aromatic nitrogens is 2. The highest BCUT2D eigenvalue weighted by Crippen LogP contribution is 2.38. The number of nitrogens with two attached hydrogens (primary N) is 1. The van der Waals surface area contributed by atoms with Crippen LogP contribution in [0.2, 0.25) is 5.02 Å². The molecule has 4 nitrogen and oxygen atoms in total. The first kappa shape index (κ1) is 12.9. The van der Waals surface area contributed by atoms with Crippen LogP contribution in [-0.4, -0.2) is 35.3 Å². The molecule has 0 saturated heterocycles. The van der Waals surface area contributed by atoms with Gasteiger partial charge in [0.25, 0.3) is 0 Å². The Kier molecular flexibility index (Phi) is 4.07. The van der Waals surface area contributed by atoms with Gasteiger partial charge in [-0.05, 0) is 32.9 Å². The van der Waals surface area contributed by atoms with E-state index in [1.54, 1.807) is 6.20 Å². The van der Waals surface area contributed by atoms with Crippen molar-refractivity contribution < 1.29 is 0 Å². The molecule has 0 spiro atoms. The van der Waals surface area contributed by atoms with Crippen molar-refractivity contribution >= 4 is 11.6 Å². The lowest BCUT2D eigenvalue weighted by atomic mass is 9.79. The van der Waals surface area contributed by atoms with E-state index in [9.17, 15) is 0 Å². The van der Waals surface area contributed by atoms with Crippen molar-refractivity contribution in [2.75, 3.05) is 20.6 Å². The molecule has 0 bridgehead atoms. The van der Waals surface area contributed by atoms with E-state index in [0.29, 0.717) is 10.9 Å². The molecular weight excluding hydrogens is 236 g/mol. The van der Waals surface area contributed by atoms with Crippen LogP contribution in [0.1, 0.15) is 31.0 Å². The molecule has 1 aromatic heterocycles. The van der Waals surface area contributed by atoms with Crippen molar-refractivity contribution in [3.05, 3.63) is 16.9 Å². The predicted octanol–water partition coefficient (Wildman–Crippen LogP) is 1.90. The molecule has 1 aromatic rings. The van der Waals surface area contributed by atoms with E-state index in [0.717, 1.165) is 18.8 Å². The summed E-state index contributed by atoms with van der Waals surface area (Å²) < 4.78 is 1.96. The van der Waals surface area contributed by atoms with Crippen LogP contribution in [0.4, 0.5) is 0 Å². The van der Waals surface area contributed by atoms with Gasteiger partial charge in [0, 0.05) is 6.54 Å². The fourth-order valence-electron chi connectivity index (χ4n) is 2.20. The van der Waals surface area contributed by atoms with E-state index in [2.05, 4.69) is 24.1 Å². The number of nitrogens with zero attached hydrogens (tertiary/aromatic N) is 3. The highest BCUT2D eigenvalue weighted by molar-refractivity contribution is 6.31. The molecule has 1 atom stereocenters. The Balaban J connectivity index is 2.10. The van der Waals surface area contributed by atoms with Gasteiger partial charge in [-0.15, -0.1) is 0 Å². The third kappa shape index (κ3) is 2.81. The quantitative estimate of drug-likeness (QED) is 0.875. The van der Waals surface area contributed by atoms with Crippen LogP contribution < -0.4 is 5.73 Å². The summed E-state index contributed by atoms with van der Waals surface area (Å²) in [6, 6.07) is 0.0425. The summed E-state index contributed by atoms with van der Waals surface area (Å²) in [6.45, 7) is 1.79. The molecule has 0 amide bonds. The molecule has 1 fully saturated rings. The maximum Gasteiger partial charge on any atom is 0.0834 e. The summed E-state index contributed by atoms with van der Waals surface area (Å²) in [4.78, 5) is 2.13. The van der Waals surface area contributed by atoms with Crippen LogP contribution in [0, 0.1) is 5.92 Å². The normalized spacial score (nSPS) is 18.4. The van der Waals surface area contributed by atoms with E-state index in [-0.39, 0.29) is 6.04 Å². The van der Waals surface area contributed by atoms with Crippen molar-refractivity contribution in [1.82, 2.24) is 14.7 Å². The first-order valence-electron chi connectivity index (χ1n) is 6.21. The molecular formula is C12H21ClN4. The second-order valence-electron chi connectivity index (χ2n) is 5.12. The van der Waals surface area contributed by atoms with Crippen molar-refractivity contribution in [2.45, 2.75) is 31.8 Å². The van der Waals surface area contributed by atoms with E-state index in [1.165, 1.54) is 19.3 Å². The monoisotopic (exact) mass is 256 g/mol. The van der Waals surface area contributed by atoms with E-state index >= 15 is 0 Å². The first-order chi connectivity index (χ1) is 8.09. The van der Waals surface area contributed by atoms with Gasteiger partial charge in [0.2, 0.25) is 0 Å². The summed E-state index contributed by atoms with van der Waals surface area (Å²) >= 11 is 6.20. The fourth-order valence-corrected chi connectivity index (χ4v) is 2.47. The Morgan fingerprint density at radius 2 is 2.29 bits per heavy atom. The molecule has 0 aliphatic heterocycles. The van der Waals surface area contributed by atoms with Gasteiger partial charge in [0.1, 0.15) is 0 Å². The van der Waals surface area contributed by atoms with Crippen LogP contribution in [0.5, 0.6) is 0 Å². The molecule has 1 aliphatic carbocycles. The van der Waals surface area contributed by atoms with Crippen LogP contribution >= 0.6 is 11.6 Å². The fraction of sp³-hybridized carbons (Fsp3) is 0.750. The number of hydrogen-bond acceptors (Lipinski definition) is 3. The number of rotatable bonds is 5. The Bertz CT molecular complexity index is 371. The molecule has 1 aliphatic rings. The molecule has 2 N–H and O–H groups in total. The summed E-state index contributed by atoms with van der Waals surface area (Å²) in [5.74, 6) is 0.585. The molecule has 5 heteroatoms. The van der Waals surface area contributed by atoms with Crippen LogP contribution in [0.25, 0.3) is 0 Å². The Morgan fingerprint density at radius 3 is 2.82 bits per heavy atom. The van der Waals surface area contributed by atoms with Crippen LogP contribution in [0.3, 0.4) is 0 Å². The Labute approximate surface area is 108 Å². The maximum absolute atomic E-state index is 6.29. The zero-order valence-electron chi connectivity index (χ0n) is 10.6. The third-order valence-electron chi connectivity index (χ3n) is 3.57. The second-order valence-corrected chi connectivity index (χ2v) is 5.53. The van der Waals surface area contributed by atoms with E-state index < -0.39 is 0 Å². The zero-order chi connectivity index (χ0) is 12.4. The van der Waals surface area contributed by atoms with Gasteiger partial charge < -0.3 is 10.6 Å². The topological polar surface area (TPSA) is 47.1 Å². The average Bonchev–Trinajstić information content (AvgIpc) is 2.53. The van der Waals surface area contributed by atoms with Gasteiger partial charge in [-0.1, -0.05) is 18.0 Å². The van der Waals surface area contributed by atoms with Crippen molar-refractivity contribution in [2.24, 2.45) is 11.7 Å². The first-order valence-corrected chi connectivity index (χ1v) is 6.59. The molecule has 1 heterocycles. The highest BCUT2D eigenvalue weighted by Gasteiger charge is 2.29. The summed E-state index contributed by atoms with van der Waals surface area (Å²) in [5, 5.41) is 5.04. The Hall–Kier alpha value is -0.580. The minimum atomic E-state index is 0.0425. The molecule has 1 unspecified atom stereocenters. The minimum absolute atomic E-state index is 0.0425.